The van der Waals surface area contributed by atoms with E-state index in [2.05, 4.69) is 0 Å². The number of primary amides is 1. The minimum absolute atomic E-state index is 0.0175. The SMILES string of the molecule is NC(=O)C[C@@H]1c2sc(-c3ccccc3C(F)(F)F)cc2[C@H]2CN1C(=O)N2O. The van der Waals surface area contributed by atoms with E-state index in [1.165, 1.54) is 23.1 Å². The standard InChI is InChI=1S/C17H14F3N3O3S/c18-17(19,20)10-4-2-1-3-8(10)13-5-9-12-7-22(16(25)23(12)26)11(6-14(21)24)15(9)27-13/h1-5,11-12,26H,6-7H2,(H2,21,24)/t11-,12-/m1/s1. The molecular formula is C17H14F3N3O3S. The Bertz CT molecular complexity index is 943. The number of halogens is 3. The van der Waals surface area contributed by atoms with Crippen LogP contribution < -0.4 is 5.73 Å². The van der Waals surface area contributed by atoms with Gasteiger partial charge in [-0.1, -0.05) is 18.2 Å². The second-order valence-corrected chi connectivity index (χ2v) is 7.54. The minimum Gasteiger partial charge on any atom is -0.370 e. The van der Waals surface area contributed by atoms with E-state index in [-0.39, 0.29) is 18.5 Å². The predicted octanol–water partition coefficient (Wildman–Crippen LogP) is 3.53. The molecule has 4 rings (SSSR count). The number of nitrogens with zero attached hydrogens (tertiary/aromatic N) is 2. The second kappa shape index (κ2) is 5.96. The van der Waals surface area contributed by atoms with Gasteiger partial charge < -0.3 is 10.6 Å². The Morgan fingerprint density at radius 3 is 2.70 bits per heavy atom. The smallest absolute Gasteiger partial charge is 0.370 e. The molecule has 0 saturated carbocycles. The molecule has 3 heterocycles. The lowest BCUT2D eigenvalue weighted by Crippen LogP contribution is -2.35. The largest absolute Gasteiger partial charge is 0.417 e. The van der Waals surface area contributed by atoms with Crippen LogP contribution in [0.25, 0.3) is 10.4 Å². The quantitative estimate of drug-likeness (QED) is 0.777. The molecule has 1 fully saturated rings. The third kappa shape index (κ3) is 2.76. The molecule has 10 heteroatoms. The Hall–Kier alpha value is -2.59. The van der Waals surface area contributed by atoms with Crippen molar-refractivity contribution in [2.45, 2.75) is 24.7 Å². The monoisotopic (exact) mass is 397 g/mol. The summed E-state index contributed by atoms with van der Waals surface area (Å²) in [4.78, 5) is 25.9. The zero-order valence-corrected chi connectivity index (χ0v) is 14.5. The van der Waals surface area contributed by atoms with Crippen LogP contribution in [0.2, 0.25) is 0 Å². The molecule has 2 aliphatic rings. The first-order valence-corrected chi connectivity index (χ1v) is 8.87. The molecule has 0 spiro atoms. The van der Waals surface area contributed by atoms with Crippen LogP contribution in [0.5, 0.6) is 0 Å². The zero-order chi connectivity index (χ0) is 19.5. The van der Waals surface area contributed by atoms with Gasteiger partial charge in [-0.05, 0) is 17.7 Å². The number of benzene rings is 1. The van der Waals surface area contributed by atoms with E-state index >= 15 is 0 Å². The van der Waals surface area contributed by atoms with Crippen molar-refractivity contribution in [2.75, 3.05) is 6.54 Å². The van der Waals surface area contributed by atoms with Gasteiger partial charge in [-0.3, -0.25) is 10.0 Å². The average Bonchev–Trinajstić information content (AvgIpc) is 3.14. The van der Waals surface area contributed by atoms with E-state index in [1.807, 2.05) is 0 Å². The predicted molar refractivity (Wildman–Crippen MR) is 89.8 cm³/mol. The van der Waals surface area contributed by atoms with Crippen molar-refractivity contribution >= 4 is 23.3 Å². The number of amides is 3. The van der Waals surface area contributed by atoms with Gasteiger partial charge in [0, 0.05) is 15.3 Å². The van der Waals surface area contributed by atoms with Gasteiger partial charge >= 0.3 is 12.2 Å². The molecule has 1 aromatic carbocycles. The molecule has 2 bridgehead atoms. The number of hydrogen-bond donors (Lipinski definition) is 2. The average molecular weight is 397 g/mol. The van der Waals surface area contributed by atoms with Gasteiger partial charge in [-0.2, -0.15) is 18.2 Å². The third-order valence-electron chi connectivity index (χ3n) is 4.83. The third-order valence-corrected chi connectivity index (χ3v) is 6.11. The second-order valence-electron chi connectivity index (χ2n) is 6.46. The summed E-state index contributed by atoms with van der Waals surface area (Å²) in [5.41, 5.74) is 5.09. The molecule has 2 aliphatic heterocycles. The molecule has 6 nitrogen and oxygen atoms in total. The highest BCUT2D eigenvalue weighted by molar-refractivity contribution is 7.15. The van der Waals surface area contributed by atoms with Crippen LogP contribution in [0.3, 0.4) is 0 Å². The van der Waals surface area contributed by atoms with Gasteiger partial charge in [0.05, 0.1) is 24.6 Å². The van der Waals surface area contributed by atoms with Crippen LogP contribution >= 0.6 is 11.3 Å². The van der Waals surface area contributed by atoms with Crippen LogP contribution in [0.15, 0.2) is 30.3 Å². The van der Waals surface area contributed by atoms with Gasteiger partial charge in [0.1, 0.15) is 6.04 Å². The first-order chi connectivity index (χ1) is 12.7. The number of nitrogens with two attached hydrogens (primary N) is 1. The molecule has 0 unspecified atom stereocenters. The Morgan fingerprint density at radius 1 is 1.33 bits per heavy atom. The summed E-state index contributed by atoms with van der Waals surface area (Å²) in [5.74, 6) is -0.640. The van der Waals surface area contributed by atoms with E-state index in [1.54, 1.807) is 6.07 Å². The van der Waals surface area contributed by atoms with E-state index in [0.717, 1.165) is 17.4 Å². The number of thiophene rings is 1. The Labute approximate surface area is 155 Å². The minimum atomic E-state index is -4.52. The summed E-state index contributed by atoms with van der Waals surface area (Å²) in [6, 6.07) is 4.75. The van der Waals surface area contributed by atoms with Crippen LogP contribution in [0.1, 0.15) is 34.5 Å². The molecule has 3 N–H and O–H groups in total. The van der Waals surface area contributed by atoms with Gasteiger partial charge in [-0.15, -0.1) is 11.3 Å². The Balaban J connectivity index is 1.85. The lowest BCUT2D eigenvalue weighted by Gasteiger charge is -2.29. The van der Waals surface area contributed by atoms with Gasteiger partial charge in [-0.25, -0.2) is 4.79 Å². The number of alkyl halides is 3. The molecule has 0 radical (unpaired) electrons. The Morgan fingerprint density at radius 2 is 2.04 bits per heavy atom. The summed E-state index contributed by atoms with van der Waals surface area (Å²) >= 11 is 1.08. The summed E-state index contributed by atoms with van der Waals surface area (Å²) in [6.45, 7) is 0.150. The topological polar surface area (TPSA) is 86.9 Å². The lowest BCUT2D eigenvalue weighted by molar-refractivity contribution is -0.137. The van der Waals surface area contributed by atoms with Crippen LogP contribution in [0, 0.1) is 0 Å². The summed E-state index contributed by atoms with van der Waals surface area (Å²) in [5, 5.41) is 10.6. The molecule has 3 amide bonds. The van der Waals surface area contributed by atoms with Crippen LogP contribution in [0.4, 0.5) is 18.0 Å². The fourth-order valence-corrected chi connectivity index (χ4v) is 5.02. The fourth-order valence-electron chi connectivity index (χ4n) is 3.65. The van der Waals surface area contributed by atoms with Crippen molar-refractivity contribution in [1.82, 2.24) is 9.96 Å². The van der Waals surface area contributed by atoms with Crippen molar-refractivity contribution in [3.63, 3.8) is 0 Å². The molecule has 0 aliphatic carbocycles. The molecular weight excluding hydrogens is 383 g/mol. The summed E-state index contributed by atoms with van der Waals surface area (Å²) in [7, 11) is 0. The molecule has 2 atom stereocenters. The maximum atomic E-state index is 13.4. The highest BCUT2D eigenvalue weighted by Crippen LogP contribution is 2.50. The molecule has 2 aromatic rings. The molecule has 1 saturated heterocycles. The Kier molecular flexibility index (Phi) is 3.93. The highest BCUT2D eigenvalue weighted by atomic mass is 32.1. The van der Waals surface area contributed by atoms with Gasteiger partial charge in [0.25, 0.3) is 0 Å². The number of rotatable bonds is 3. The normalized spacial score (nSPS) is 21.6. The zero-order valence-electron chi connectivity index (χ0n) is 13.7. The van der Waals surface area contributed by atoms with Crippen molar-refractivity contribution in [3.05, 3.63) is 46.3 Å². The maximum Gasteiger partial charge on any atom is 0.417 e. The van der Waals surface area contributed by atoms with Crippen molar-refractivity contribution in [1.29, 1.82) is 0 Å². The number of hydroxylamine groups is 2. The molecule has 142 valence electrons. The highest BCUT2D eigenvalue weighted by Gasteiger charge is 2.49. The number of fused-ring (bicyclic) bond motifs is 4. The van der Waals surface area contributed by atoms with Crippen LogP contribution in [-0.2, 0) is 11.0 Å². The maximum absolute atomic E-state index is 13.4. The number of carbonyl (C=O) groups excluding carboxylic acids is 2. The van der Waals surface area contributed by atoms with Crippen LogP contribution in [-0.4, -0.2) is 33.7 Å². The number of urea groups is 1. The van der Waals surface area contributed by atoms with Crippen molar-refractivity contribution < 1.29 is 28.0 Å². The lowest BCUT2D eigenvalue weighted by atomic mass is 9.96. The molecule has 27 heavy (non-hydrogen) atoms. The van der Waals surface area contributed by atoms with E-state index in [0.29, 0.717) is 20.4 Å². The fraction of sp³-hybridized carbons (Fsp3) is 0.294. The van der Waals surface area contributed by atoms with E-state index < -0.39 is 35.8 Å². The van der Waals surface area contributed by atoms with E-state index in [9.17, 15) is 28.0 Å². The number of carbonyl (C=O) groups is 2. The number of hydrogen-bond acceptors (Lipinski definition) is 4. The first-order valence-electron chi connectivity index (χ1n) is 8.05. The summed E-state index contributed by atoms with van der Waals surface area (Å²) < 4.78 is 40.1. The van der Waals surface area contributed by atoms with Gasteiger partial charge in [0.2, 0.25) is 5.91 Å². The molecule has 1 aromatic heterocycles. The first kappa shape index (κ1) is 17.8. The van der Waals surface area contributed by atoms with Gasteiger partial charge in [0.15, 0.2) is 0 Å². The van der Waals surface area contributed by atoms with Crippen molar-refractivity contribution in [3.8, 4) is 10.4 Å². The summed E-state index contributed by atoms with van der Waals surface area (Å²) in [6.07, 6.45) is -4.69. The van der Waals surface area contributed by atoms with E-state index in [4.69, 9.17) is 5.73 Å². The van der Waals surface area contributed by atoms with Crippen molar-refractivity contribution in [2.24, 2.45) is 5.73 Å².